The van der Waals surface area contributed by atoms with Gasteiger partial charge in [0.25, 0.3) is 5.91 Å². The topological polar surface area (TPSA) is 88.8 Å². The number of methoxy groups -OCH3 is 1. The molecule has 6 heteroatoms. The van der Waals surface area contributed by atoms with E-state index in [-0.39, 0.29) is 18.9 Å². The predicted molar refractivity (Wildman–Crippen MR) is 87.8 cm³/mol. The molecule has 1 unspecified atom stereocenters. The van der Waals surface area contributed by atoms with Crippen molar-refractivity contribution in [2.24, 2.45) is 0 Å². The van der Waals surface area contributed by atoms with Crippen LogP contribution < -0.4 is 5.32 Å². The molecule has 6 nitrogen and oxygen atoms in total. The van der Waals surface area contributed by atoms with Gasteiger partial charge in [-0.25, -0.2) is 0 Å². The number of nitrogens with one attached hydrogen (secondary N) is 1. The van der Waals surface area contributed by atoms with Gasteiger partial charge >= 0.3 is 5.97 Å². The van der Waals surface area contributed by atoms with E-state index in [0.717, 1.165) is 0 Å². The smallest absolute Gasteiger partial charge is 0.315 e. The van der Waals surface area contributed by atoms with Crippen LogP contribution in [0.2, 0.25) is 0 Å². The number of carbonyl (C=O) groups excluding carboxylic acids is 1. The number of rotatable bonds is 8. The van der Waals surface area contributed by atoms with Crippen molar-refractivity contribution in [3.8, 4) is 0 Å². The molecular weight excluding hydrogens is 310 g/mol. The zero-order chi connectivity index (χ0) is 17.6. The minimum atomic E-state index is -1.18. The number of hydrogen-bond acceptors (Lipinski definition) is 4. The van der Waals surface area contributed by atoms with Crippen LogP contribution in [0.4, 0.5) is 0 Å². The maximum Gasteiger partial charge on any atom is 0.315 e. The lowest BCUT2D eigenvalue weighted by Crippen LogP contribution is -2.46. The molecule has 2 rings (SSSR count). The Balaban J connectivity index is 2.15. The predicted octanol–water partition coefficient (Wildman–Crippen LogP) is 2.59. The molecule has 2 N–H and O–H groups in total. The van der Waals surface area contributed by atoms with E-state index in [9.17, 15) is 14.7 Å². The van der Waals surface area contributed by atoms with E-state index in [4.69, 9.17) is 9.15 Å². The van der Waals surface area contributed by atoms with E-state index in [0.29, 0.717) is 17.7 Å². The number of carboxylic acids is 1. The zero-order valence-electron chi connectivity index (χ0n) is 13.7. The van der Waals surface area contributed by atoms with E-state index in [1.54, 1.807) is 43.3 Å². The lowest BCUT2D eigenvalue weighted by Gasteiger charge is -2.28. The number of carboxylic acid groups (broad SMARTS) is 1. The van der Waals surface area contributed by atoms with Crippen molar-refractivity contribution in [2.45, 2.75) is 25.4 Å². The van der Waals surface area contributed by atoms with Crippen LogP contribution in [-0.4, -0.2) is 30.6 Å². The van der Waals surface area contributed by atoms with Gasteiger partial charge in [-0.05, 0) is 24.1 Å². The van der Waals surface area contributed by atoms with E-state index in [2.05, 4.69) is 5.32 Å². The van der Waals surface area contributed by atoms with Crippen molar-refractivity contribution in [1.29, 1.82) is 0 Å². The maximum absolute atomic E-state index is 12.2. The Kier molecular flexibility index (Phi) is 5.76. The van der Waals surface area contributed by atoms with Crippen LogP contribution in [0.3, 0.4) is 0 Å². The van der Waals surface area contributed by atoms with Gasteiger partial charge in [-0.15, -0.1) is 0 Å². The van der Waals surface area contributed by atoms with Crippen molar-refractivity contribution >= 4 is 11.9 Å². The molecule has 0 spiro atoms. The van der Waals surface area contributed by atoms with Crippen LogP contribution in [0, 0.1) is 0 Å². The Morgan fingerprint density at radius 1 is 1.21 bits per heavy atom. The Bertz CT molecular complexity index is 694. The fourth-order valence-corrected chi connectivity index (χ4v) is 2.58. The normalized spacial score (nSPS) is 13.2. The van der Waals surface area contributed by atoms with Crippen molar-refractivity contribution in [3.05, 3.63) is 59.5 Å². The number of aliphatic carboxylic acids is 1. The molecule has 0 fully saturated rings. The molecule has 0 bridgehead atoms. The number of ether oxygens (including phenoxy) is 1. The second-order valence-electron chi connectivity index (χ2n) is 5.49. The van der Waals surface area contributed by atoms with Crippen LogP contribution in [0.25, 0.3) is 0 Å². The zero-order valence-corrected chi connectivity index (χ0v) is 13.7. The number of carbonyl (C=O) groups is 2. The standard InChI is InChI=1S/C18H21NO5/c1-3-18(17(21)22,13-7-5-4-6-8-13)12-19-16(20)15-10-9-14(24-15)11-23-2/h4-10H,3,11-12H2,1-2H3,(H,19,20)(H,21,22). The van der Waals surface area contributed by atoms with Crippen LogP contribution in [0.15, 0.2) is 46.9 Å². The molecule has 0 saturated heterocycles. The highest BCUT2D eigenvalue weighted by Gasteiger charge is 2.39. The van der Waals surface area contributed by atoms with Gasteiger partial charge in [0.15, 0.2) is 5.76 Å². The fourth-order valence-electron chi connectivity index (χ4n) is 2.58. The summed E-state index contributed by atoms with van der Waals surface area (Å²) in [7, 11) is 1.53. The molecule has 1 atom stereocenters. The quantitative estimate of drug-likeness (QED) is 0.776. The lowest BCUT2D eigenvalue weighted by atomic mass is 9.78. The Morgan fingerprint density at radius 3 is 2.50 bits per heavy atom. The Morgan fingerprint density at radius 2 is 1.92 bits per heavy atom. The molecule has 1 heterocycles. The highest BCUT2D eigenvalue weighted by Crippen LogP contribution is 2.28. The molecule has 0 radical (unpaired) electrons. The van der Waals surface area contributed by atoms with Crippen molar-refractivity contribution in [3.63, 3.8) is 0 Å². The number of amides is 1. The van der Waals surface area contributed by atoms with Crippen molar-refractivity contribution < 1.29 is 23.8 Å². The Hall–Kier alpha value is -2.60. The second-order valence-corrected chi connectivity index (χ2v) is 5.49. The molecule has 1 amide bonds. The van der Waals surface area contributed by atoms with Gasteiger partial charge in [0.1, 0.15) is 17.8 Å². The molecule has 0 saturated carbocycles. The Labute approximate surface area is 140 Å². The first-order chi connectivity index (χ1) is 11.5. The largest absolute Gasteiger partial charge is 0.481 e. The summed E-state index contributed by atoms with van der Waals surface area (Å²) in [6, 6.07) is 12.1. The summed E-state index contributed by atoms with van der Waals surface area (Å²) in [5.74, 6) is -0.764. The number of hydrogen-bond donors (Lipinski definition) is 2. The first kappa shape index (κ1) is 17.7. The molecule has 2 aromatic rings. The lowest BCUT2D eigenvalue weighted by molar-refractivity contribution is -0.143. The van der Waals surface area contributed by atoms with Crippen LogP contribution in [0.5, 0.6) is 0 Å². The summed E-state index contributed by atoms with van der Waals surface area (Å²) in [6.45, 7) is 2.03. The molecule has 1 aromatic heterocycles. The van der Waals surface area contributed by atoms with Gasteiger partial charge in [0, 0.05) is 13.7 Å². The van der Waals surface area contributed by atoms with Crippen LogP contribution in [0.1, 0.15) is 35.2 Å². The van der Waals surface area contributed by atoms with Crippen molar-refractivity contribution in [2.75, 3.05) is 13.7 Å². The molecular formula is C18H21NO5. The van der Waals surface area contributed by atoms with Gasteiger partial charge in [-0.2, -0.15) is 0 Å². The number of furan rings is 1. The monoisotopic (exact) mass is 331 g/mol. The van der Waals surface area contributed by atoms with E-state index >= 15 is 0 Å². The average molecular weight is 331 g/mol. The summed E-state index contributed by atoms with van der Waals surface area (Å²) in [5, 5.41) is 12.4. The molecule has 0 aliphatic heterocycles. The van der Waals surface area contributed by atoms with Crippen molar-refractivity contribution in [1.82, 2.24) is 5.32 Å². The minimum Gasteiger partial charge on any atom is -0.481 e. The van der Waals surface area contributed by atoms with E-state index in [1.807, 2.05) is 6.07 Å². The third kappa shape index (κ3) is 3.65. The third-order valence-corrected chi connectivity index (χ3v) is 4.06. The molecule has 128 valence electrons. The average Bonchev–Trinajstić information content (AvgIpc) is 3.05. The van der Waals surface area contributed by atoms with Gasteiger partial charge in [-0.3, -0.25) is 9.59 Å². The van der Waals surface area contributed by atoms with Gasteiger partial charge < -0.3 is 19.6 Å². The van der Waals surface area contributed by atoms with Gasteiger partial charge in [-0.1, -0.05) is 37.3 Å². The third-order valence-electron chi connectivity index (χ3n) is 4.06. The van der Waals surface area contributed by atoms with Crippen LogP contribution >= 0.6 is 0 Å². The molecule has 0 aliphatic carbocycles. The highest BCUT2D eigenvalue weighted by molar-refractivity contribution is 5.92. The maximum atomic E-state index is 12.2. The molecule has 0 aliphatic rings. The first-order valence-corrected chi connectivity index (χ1v) is 7.68. The van der Waals surface area contributed by atoms with Crippen LogP contribution in [-0.2, 0) is 21.6 Å². The van der Waals surface area contributed by atoms with Gasteiger partial charge in [0.05, 0.1) is 0 Å². The second kappa shape index (κ2) is 7.79. The fraction of sp³-hybridized carbons (Fsp3) is 0.333. The minimum absolute atomic E-state index is 0.0258. The number of benzene rings is 1. The van der Waals surface area contributed by atoms with E-state index in [1.165, 1.54) is 7.11 Å². The molecule has 24 heavy (non-hydrogen) atoms. The summed E-state index contributed by atoms with van der Waals surface area (Å²) in [5.41, 5.74) is -0.529. The van der Waals surface area contributed by atoms with Gasteiger partial charge in [0.2, 0.25) is 0 Å². The highest BCUT2D eigenvalue weighted by atomic mass is 16.5. The summed E-state index contributed by atoms with van der Waals surface area (Å²) >= 11 is 0. The summed E-state index contributed by atoms with van der Waals surface area (Å²) in [4.78, 5) is 24.1. The van der Waals surface area contributed by atoms with E-state index < -0.39 is 17.3 Å². The summed E-state index contributed by atoms with van der Waals surface area (Å²) < 4.78 is 10.3. The molecule has 1 aromatic carbocycles. The SMILES string of the molecule is CCC(CNC(=O)c1ccc(COC)o1)(C(=O)O)c1ccccc1. The summed E-state index contributed by atoms with van der Waals surface area (Å²) in [6.07, 6.45) is 0.347. The first-order valence-electron chi connectivity index (χ1n) is 7.68.